The molecular formula is C14H19N3O5. The molecule has 2 aliphatic heterocycles. The predicted molar refractivity (Wildman–Crippen MR) is 75.1 cm³/mol. The van der Waals surface area contributed by atoms with Crippen LogP contribution < -0.4 is 5.56 Å². The first-order chi connectivity index (χ1) is 10.5. The van der Waals surface area contributed by atoms with E-state index in [1.165, 1.54) is 6.07 Å². The molecule has 2 atom stereocenters. The van der Waals surface area contributed by atoms with Gasteiger partial charge < -0.3 is 19.1 Å². The second kappa shape index (κ2) is 5.96. The summed E-state index contributed by atoms with van der Waals surface area (Å²) in [6, 6.07) is 1.26. The Kier molecular flexibility index (Phi) is 4.02. The van der Waals surface area contributed by atoms with Gasteiger partial charge in [0.1, 0.15) is 5.76 Å². The molecule has 1 N–H and O–H groups in total. The highest BCUT2D eigenvalue weighted by Gasteiger charge is 2.41. The van der Waals surface area contributed by atoms with E-state index in [0.29, 0.717) is 38.3 Å². The number of carbonyl (C=O) groups excluding carboxylic acids is 2. The number of likely N-dealkylation sites (tertiary alicyclic amines) is 1. The number of hydrogen-bond acceptors (Lipinski definition) is 5. The number of hydrogen-bond donors (Lipinski definition) is 1. The number of H-pyrrole nitrogens is 1. The Balaban J connectivity index is 1.58. The van der Waals surface area contributed by atoms with Crippen molar-refractivity contribution in [3.05, 3.63) is 22.2 Å². The molecule has 1 aromatic heterocycles. The van der Waals surface area contributed by atoms with Crippen molar-refractivity contribution in [1.29, 1.82) is 0 Å². The number of nitrogens with one attached hydrogen (secondary N) is 1. The van der Waals surface area contributed by atoms with Crippen LogP contribution in [0.25, 0.3) is 0 Å². The first-order valence-electron chi connectivity index (χ1n) is 7.37. The van der Waals surface area contributed by atoms with E-state index in [1.807, 2.05) is 0 Å². The molecule has 2 fully saturated rings. The number of rotatable bonds is 3. The lowest BCUT2D eigenvalue weighted by atomic mass is 10.2. The molecule has 1 aromatic rings. The zero-order valence-corrected chi connectivity index (χ0v) is 12.4. The quantitative estimate of drug-likeness (QED) is 0.801. The molecule has 0 aliphatic carbocycles. The summed E-state index contributed by atoms with van der Waals surface area (Å²) >= 11 is 0. The Labute approximate surface area is 127 Å². The maximum Gasteiger partial charge on any atom is 0.280 e. The van der Waals surface area contributed by atoms with Crippen LogP contribution >= 0.6 is 0 Å². The van der Waals surface area contributed by atoms with E-state index in [0.717, 1.165) is 0 Å². The fourth-order valence-corrected chi connectivity index (χ4v) is 2.99. The fraction of sp³-hybridized carbons (Fsp3) is 0.643. The van der Waals surface area contributed by atoms with Gasteiger partial charge in [-0.2, -0.15) is 5.16 Å². The smallest absolute Gasteiger partial charge is 0.280 e. The maximum absolute atomic E-state index is 12.3. The minimum atomic E-state index is -0.306. The van der Waals surface area contributed by atoms with Crippen LogP contribution in [-0.4, -0.2) is 65.7 Å². The van der Waals surface area contributed by atoms with Crippen molar-refractivity contribution in [2.75, 3.05) is 26.7 Å². The molecule has 0 saturated carbocycles. The molecule has 8 nitrogen and oxygen atoms in total. The molecule has 8 heteroatoms. The van der Waals surface area contributed by atoms with E-state index in [2.05, 4.69) is 5.16 Å². The zero-order chi connectivity index (χ0) is 15.7. The van der Waals surface area contributed by atoms with Crippen LogP contribution in [0.15, 0.2) is 15.4 Å². The Hall–Kier alpha value is -2.09. The van der Waals surface area contributed by atoms with Crippen molar-refractivity contribution in [1.82, 2.24) is 15.0 Å². The topological polar surface area (TPSA) is 95.9 Å². The van der Waals surface area contributed by atoms with Gasteiger partial charge in [-0.1, -0.05) is 0 Å². The minimum absolute atomic E-state index is 0.0265. The molecule has 3 heterocycles. The van der Waals surface area contributed by atoms with Gasteiger partial charge in [-0.25, -0.2) is 0 Å². The molecule has 3 rings (SSSR count). The number of fused-ring (bicyclic) bond motifs is 1. The molecule has 0 aromatic carbocycles. The van der Waals surface area contributed by atoms with Crippen molar-refractivity contribution >= 4 is 11.8 Å². The Bertz CT molecular complexity index is 622. The van der Waals surface area contributed by atoms with Gasteiger partial charge in [0.25, 0.3) is 5.56 Å². The van der Waals surface area contributed by atoms with Crippen molar-refractivity contribution in [3.63, 3.8) is 0 Å². The minimum Gasteiger partial charge on any atom is -0.384 e. The number of aromatic nitrogens is 1. The molecule has 0 bridgehead atoms. The van der Waals surface area contributed by atoms with Crippen LogP contribution in [0.4, 0.5) is 0 Å². The van der Waals surface area contributed by atoms with Crippen LogP contribution in [0, 0.1) is 0 Å². The maximum atomic E-state index is 12.3. The molecule has 2 aliphatic rings. The summed E-state index contributed by atoms with van der Waals surface area (Å²) in [5.41, 5.74) is -0.306. The second-order valence-electron chi connectivity index (χ2n) is 5.71. The SMILES string of the molecule is CN1C(=O)CCO[C@H]2CN(C(=O)CCc3cc(=O)[nH]o3)C[C@@H]21. The molecule has 22 heavy (non-hydrogen) atoms. The van der Waals surface area contributed by atoms with Crippen molar-refractivity contribution in [2.24, 2.45) is 0 Å². The number of carbonyl (C=O) groups is 2. The van der Waals surface area contributed by atoms with Crippen LogP contribution in [0.5, 0.6) is 0 Å². The Morgan fingerprint density at radius 2 is 2.23 bits per heavy atom. The molecule has 0 unspecified atom stereocenters. The monoisotopic (exact) mass is 309 g/mol. The Morgan fingerprint density at radius 3 is 2.95 bits per heavy atom. The van der Waals surface area contributed by atoms with Crippen molar-refractivity contribution < 1.29 is 18.8 Å². The van der Waals surface area contributed by atoms with E-state index in [9.17, 15) is 14.4 Å². The summed E-state index contributed by atoms with van der Waals surface area (Å²) in [7, 11) is 1.76. The largest absolute Gasteiger partial charge is 0.384 e. The summed E-state index contributed by atoms with van der Waals surface area (Å²) in [5.74, 6) is 0.493. The second-order valence-corrected chi connectivity index (χ2v) is 5.71. The lowest BCUT2D eigenvalue weighted by Gasteiger charge is -2.25. The summed E-state index contributed by atoms with van der Waals surface area (Å²) in [4.78, 5) is 38.5. The molecule has 0 spiro atoms. The third-order valence-corrected chi connectivity index (χ3v) is 4.29. The molecule has 120 valence electrons. The molecule has 2 saturated heterocycles. The van der Waals surface area contributed by atoms with Crippen LogP contribution in [0.2, 0.25) is 0 Å². The van der Waals surface area contributed by atoms with E-state index >= 15 is 0 Å². The van der Waals surface area contributed by atoms with Crippen LogP contribution in [0.3, 0.4) is 0 Å². The number of ether oxygens (including phenoxy) is 1. The average molecular weight is 309 g/mol. The van der Waals surface area contributed by atoms with E-state index in [-0.39, 0.29) is 35.9 Å². The zero-order valence-electron chi connectivity index (χ0n) is 12.4. The highest BCUT2D eigenvalue weighted by atomic mass is 16.5. The lowest BCUT2D eigenvalue weighted by Crippen LogP contribution is -2.43. The first-order valence-corrected chi connectivity index (χ1v) is 7.37. The number of nitrogens with zero attached hydrogens (tertiary/aromatic N) is 2. The fourth-order valence-electron chi connectivity index (χ4n) is 2.99. The van der Waals surface area contributed by atoms with E-state index < -0.39 is 0 Å². The van der Waals surface area contributed by atoms with Gasteiger partial charge in [0.2, 0.25) is 11.8 Å². The summed E-state index contributed by atoms with van der Waals surface area (Å²) in [6.07, 6.45) is 0.909. The van der Waals surface area contributed by atoms with Crippen molar-refractivity contribution in [3.8, 4) is 0 Å². The van der Waals surface area contributed by atoms with Gasteiger partial charge in [-0.3, -0.25) is 14.4 Å². The normalized spacial score (nSPS) is 25.2. The molecular weight excluding hydrogens is 290 g/mol. The van der Waals surface area contributed by atoms with E-state index in [1.54, 1.807) is 16.8 Å². The van der Waals surface area contributed by atoms with Crippen molar-refractivity contribution in [2.45, 2.75) is 31.4 Å². The third kappa shape index (κ3) is 2.92. The number of likely N-dealkylation sites (N-methyl/N-ethyl adjacent to an activating group) is 1. The number of aromatic amines is 1. The Morgan fingerprint density at radius 1 is 1.41 bits per heavy atom. The first kappa shape index (κ1) is 14.8. The summed E-state index contributed by atoms with van der Waals surface area (Å²) in [5, 5.41) is 2.20. The van der Waals surface area contributed by atoms with Gasteiger partial charge in [-0.05, 0) is 0 Å². The van der Waals surface area contributed by atoms with Gasteiger partial charge in [0.15, 0.2) is 0 Å². The molecule has 0 radical (unpaired) electrons. The van der Waals surface area contributed by atoms with Gasteiger partial charge in [0.05, 0.1) is 25.2 Å². The standard InChI is InChI=1S/C14H19N3O5/c1-16-10-7-17(8-11(10)21-5-4-13(16)19)14(20)3-2-9-6-12(18)15-22-9/h6,10-11H,2-5,7-8H2,1H3,(H,15,18)/t10-,11-/m0/s1. The third-order valence-electron chi connectivity index (χ3n) is 4.29. The highest BCUT2D eigenvalue weighted by molar-refractivity contribution is 5.78. The molecule has 2 amide bonds. The number of aryl methyl sites for hydroxylation is 1. The highest BCUT2D eigenvalue weighted by Crippen LogP contribution is 2.22. The van der Waals surface area contributed by atoms with E-state index in [4.69, 9.17) is 9.26 Å². The van der Waals surface area contributed by atoms with Gasteiger partial charge in [0, 0.05) is 39.0 Å². The number of amides is 2. The average Bonchev–Trinajstić information content (AvgIpc) is 3.07. The van der Waals surface area contributed by atoms with Gasteiger partial charge >= 0.3 is 0 Å². The van der Waals surface area contributed by atoms with Gasteiger partial charge in [-0.15, -0.1) is 0 Å². The predicted octanol–water partition coefficient (Wildman–Crippen LogP) is -0.641. The summed E-state index contributed by atoms with van der Waals surface area (Å²) < 4.78 is 10.6. The summed E-state index contributed by atoms with van der Waals surface area (Å²) in [6.45, 7) is 1.39. The van der Waals surface area contributed by atoms with Crippen LogP contribution in [-0.2, 0) is 20.7 Å². The lowest BCUT2D eigenvalue weighted by molar-refractivity contribution is -0.133. The van der Waals surface area contributed by atoms with Crippen LogP contribution in [0.1, 0.15) is 18.6 Å².